The van der Waals surface area contributed by atoms with E-state index in [1.54, 1.807) is 0 Å². The number of hydrogen-bond donors (Lipinski definition) is 0. The third-order valence-corrected chi connectivity index (χ3v) is 2.92. The Hall–Kier alpha value is -2.09. The molecule has 3 rings (SSSR count). The summed E-state index contributed by atoms with van der Waals surface area (Å²) < 4.78 is 5.70. The second-order valence-electron chi connectivity index (χ2n) is 4.15. The Kier molecular flexibility index (Phi) is 2.41. The van der Waals surface area contributed by atoms with Gasteiger partial charge >= 0.3 is 0 Å². The highest BCUT2D eigenvalue weighted by Crippen LogP contribution is 2.29. The average Bonchev–Trinajstić information content (AvgIpc) is 2.40. The molecule has 0 aliphatic carbocycles. The summed E-state index contributed by atoms with van der Waals surface area (Å²) >= 11 is 0. The lowest BCUT2D eigenvalue weighted by atomic mass is 10.1. The highest BCUT2D eigenvalue weighted by Gasteiger charge is 2.15. The molecule has 0 atom stereocenters. The molecule has 2 aromatic rings. The van der Waals surface area contributed by atoms with Crippen molar-refractivity contribution < 1.29 is 4.74 Å². The van der Waals surface area contributed by atoms with Crippen LogP contribution in [0.15, 0.2) is 53.5 Å². The van der Waals surface area contributed by atoms with Crippen LogP contribution in [0.5, 0.6) is 0 Å². The van der Waals surface area contributed by atoms with Gasteiger partial charge in [-0.3, -0.25) is 0 Å². The molecule has 0 amide bonds. The summed E-state index contributed by atoms with van der Waals surface area (Å²) in [5.74, 6) is 0.715. The maximum atomic E-state index is 5.70. The molecule has 0 unspecified atom stereocenters. The van der Waals surface area contributed by atoms with E-state index in [1.165, 1.54) is 5.56 Å². The van der Waals surface area contributed by atoms with Gasteiger partial charge in [0.05, 0.1) is 5.69 Å². The van der Waals surface area contributed by atoms with Crippen LogP contribution >= 0.6 is 0 Å². The smallest absolute Gasteiger partial charge is 0.221 e. The van der Waals surface area contributed by atoms with E-state index < -0.39 is 0 Å². The molecule has 0 saturated heterocycles. The first-order valence-electron chi connectivity index (χ1n) is 5.70. The zero-order valence-corrected chi connectivity index (χ0v) is 9.68. The quantitative estimate of drug-likeness (QED) is 0.723. The molecule has 2 nitrogen and oxygen atoms in total. The van der Waals surface area contributed by atoms with Gasteiger partial charge in [-0.15, -0.1) is 0 Å². The third-order valence-electron chi connectivity index (χ3n) is 2.92. The van der Waals surface area contributed by atoms with Gasteiger partial charge in [-0.1, -0.05) is 36.4 Å². The van der Waals surface area contributed by atoms with E-state index in [2.05, 4.69) is 24.0 Å². The predicted octanol–water partition coefficient (Wildman–Crippen LogP) is 3.60. The minimum Gasteiger partial charge on any atom is -0.472 e. The number of aryl methyl sites for hydroxylation is 1. The fourth-order valence-electron chi connectivity index (χ4n) is 2.00. The summed E-state index contributed by atoms with van der Waals surface area (Å²) in [4.78, 5) is 4.61. The summed E-state index contributed by atoms with van der Waals surface area (Å²) in [6.07, 6.45) is 0. The summed E-state index contributed by atoms with van der Waals surface area (Å²) in [5, 5.41) is 0. The normalized spacial score (nSPS) is 13.6. The number of ether oxygens (including phenoxy) is 1. The van der Waals surface area contributed by atoms with Crippen LogP contribution in [0.25, 0.3) is 0 Å². The molecule has 0 fully saturated rings. The maximum absolute atomic E-state index is 5.70. The number of aliphatic imine (C=N–C) groups is 1. The molecule has 0 saturated carbocycles. The Morgan fingerprint density at radius 1 is 1.00 bits per heavy atom. The molecule has 84 valence electrons. The highest BCUT2D eigenvalue weighted by atomic mass is 16.5. The van der Waals surface area contributed by atoms with Crippen molar-refractivity contribution >= 4 is 11.6 Å². The van der Waals surface area contributed by atoms with Crippen LogP contribution in [-0.2, 0) is 11.3 Å². The molecule has 0 bridgehead atoms. The largest absolute Gasteiger partial charge is 0.472 e. The molecule has 1 aliphatic rings. The third kappa shape index (κ3) is 1.82. The van der Waals surface area contributed by atoms with Gasteiger partial charge in [0.2, 0.25) is 5.90 Å². The molecule has 2 aromatic carbocycles. The second-order valence-corrected chi connectivity index (χ2v) is 4.15. The van der Waals surface area contributed by atoms with E-state index in [1.807, 2.05) is 36.4 Å². The Morgan fingerprint density at radius 2 is 1.82 bits per heavy atom. The van der Waals surface area contributed by atoms with E-state index in [9.17, 15) is 0 Å². The van der Waals surface area contributed by atoms with Gasteiger partial charge in [-0.25, -0.2) is 4.99 Å². The van der Waals surface area contributed by atoms with E-state index in [0.29, 0.717) is 12.5 Å². The number of benzene rings is 2. The van der Waals surface area contributed by atoms with Gasteiger partial charge < -0.3 is 4.74 Å². The average molecular weight is 223 g/mol. The SMILES string of the molecule is Cc1cccc2c1N=C(c1ccccc1)OC2. The molecule has 0 aromatic heterocycles. The fourth-order valence-corrected chi connectivity index (χ4v) is 2.00. The van der Waals surface area contributed by atoms with Crippen LogP contribution in [0.3, 0.4) is 0 Å². The topological polar surface area (TPSA) is 21.6 Å². The number of para-hydroxylation sites is 1. The Balaban J connectivity index is 2.09. The van der Waals surface area contributed by atoms with Crippen molar-refractivity contribution in [3.63, 3.8) is 0 Å². The summed E-state index contributed by atoms with van der Waals surface area (Å²) in [6.45, 7) is 2.68. The van der Waals surface area contributed by atoms with E-state index in [-0.39, 0.29) is 0 Å². The zero-order valence-electron chi connectivity index (χ0n) is 9.68. The number of fused-ring (bicyclic) bond motifs is 1. The predicted molar refractivity (Wildman–Crippen MR) is 68.6 cm³/mol. The summed E-state index contributed by atoms with van der Waals surface area (Å²) in [7, 11) is 0. The first kappa shape index (κ1) is 10.1. The van der Waals surface area contributed by atoms with E-state index in [0.717, 1.165) is 16.8 Å². The van der Waals surface area contributed by atoms with Gasteiger partial charge in [0.25, 0.3) is 0 Å². The monoisotopic (exact) mass is 223 g/mol. The first-order valence-corrected chi connectivity index (χ1v) is 5.70. The Labute approximate surface area is 101 Å². The Morgan fingerprint density at radius 3 is 2.65 bits per heavy atom. The van der Waals surface area contributed by atoms with Crippen LogP contribution in [-0.4, -0.2) is 5.90 Å². The van der Waals surface area contributed by atoms with Crippen molar-refractivity contribution in [1.82, 2.24) is 0 Å². The molecule has 17 heavy (non-hydrogen) atoms. The van der Waals surface area contributed by atoms with E-state index in [4.69, 9.17) is 4.74 Å². The standard InChI is InChI=1S/C15H13NO/c1-11-6-5-9-13-10-17-15(16-14(11)13)12-7-3-2-4-8-12/h2-9H,10H2,1H3. The van der Waals surface area contributed by atoms with Gasteiger partial charge in [0.15, 0.2) is 0 Å². The van der Waals surface area contributed by atoms with Crippen molar-refractivity contribution in [1.29, 1.82) is 0 Å². The van der Waals surface area contributed by atoms with E-state index >= 15 is 0 Å². The fraction of sp³-hybridized carbons (Fsp3) is 0.133. The van der Waals surface area contributed by atoms with Crippen molar-refractivity contribution in [3.05, 3.63) is 65.2 Å². The lowest BCUT2D eigenvalue weighted by Gasteiger charge is -2.18. The van der Waals surface area contributed by atoms with Crippen LogP contribution in [0.4, 0.5) is 5.69 Å². The van der Waals surface area contributed by atoms with Gasteiger partial charge in [0.1, 0.15) is 6.61 Å². The lowest BCUT2D eigenvalue weighted by molar-refractivity contribution is 0.288. The molecular formula is C15H13NO. The highest BCUT2D eigenvalue weighted by molar-refractivity contribution is 5.97. The molecule has 0 N–H and O–H groups in total. The van der Waals surface area contributed by atoms with Gasteiger partial charge in [0, 0.05) is 11.1 Å². The molecule has 1 aliphatic heterocycles. The minimum absolute atomic E-state index is 0.602. The zero-order chi connectivity index (χ0) is 11.7. The van der Waals surface area contributed by atoms with Gasteiger partial charge in [-0.05, 0) is 24.6 Å². The lowest BCUT2D eigenvalue weighted by Crippen LogP contribution is -2.11. The Bertz CT molecular complexity index is 573. The van der Waals surface area contributed by atoms with Crippen LogP contribution in [0, 0.1) is 6.92 Å². The van der Waals surface area contributed by atoms with Crippen LogP contribution in [0.1, 0.15) is 16.7 Å². The first-order chi connectivity index (χ1) is 8.34. The summed E-state index contributed by atoms with van der Waals surface area (Å²) in [5.41, 5.74) is 4.43. The molecule has 0 spiro atoms. The van der Waals surface area contributed by atoms with Gasteiger partial charge in [-0.2, -0.15) is 0 Å². The molecule has 1 heterocycles. The second kappa shape index (κ2) is 4.06. The number of rotatable bonds is 1. The summed E-state index contributed by atoms with van der Waals surface area (Å²) in [6, 6.07) is 16.2. The molecule has 2 heteroatoms. The number of hydrogen-bond acceptors (Lipinski definition) is 2. The van der Waals surface area contributed by atoms with Crippen molar-refractivity contribution in [2.24, 2.45) is 4.99 Å². The van der Waals surface area contributed by atoms with Crippen LogP contribution in [0.2, 0.25) is 0 Å². The molecular weight excluding hydrogens is 210 g/mol. The maximum Gasteiger partial charge on any atom is 0.221 e. The van der Waals surface area contributed by atoms with Crippen molar-refractivity contribution in [2.75, 3.05) is 0 Å². The molecule has 0 radical (unpaired) electrons. The van der Waals surface area contributed by atoms with Crippen molar-refractivity contribution in [3.8, 4) is 0 Å². The van der Waals surface area contributed by atoms with Crippen LogP contribution < -0.4 is 0 Å². The van der Waals surface area contributed by atoms with Crippen molar-refractivity contribution in [2.45, 2.75) is 13.5 Å². The minimum atomic E-state index is 0.602. The number of nitrogens with zero attached hydrogens (tertiary/aromatic N) is 1.